The Morgan fingerprint density at radius 1 is 1.14 bits per heavy atom. The normalized spacial score (nSPS) is 8.29. The van der Waals surface area contributed by atoms with Gasteiger partial charge in [0.15, 0.2) is 0 Å². The van der Waals surface area contributed by atoms with Crippen LogP contribution < -0.4 is 59.1 Å². The van der Waals surface area contributed by atoms with Crippen LogP contribution in [0.5, 0.6) is 0 Å². The molecule has 0 aromatic rings. The van der Waals surface area contributed by atoms with Crippen molar-refractivity contribution >= 4 is 10.4 Å². The van der Waals surface area contributed by atoms with Gasteiger partial charge < -0.3 is 2.85 Å². The maximum Gasteiger partial charge on any atom is 1.00 e. The third-order valence-corrected chi connectivity index (χ3v) is 0. The molecule has 0 heterocycles. The van der Waals surface area contributed by atoms with Gasteiger partial charge in [0.2, 0.25) is 0 Å². The average molecular weight is 146 g/mol. The molecule has 0 fully saturated rings. The Morgan fingerprint density at radius 2 is 1.14 bits per heavy atom. The van der Waals surface area contributed by atoms with Crippen molar-refractivity contribution in [1.29, 1.82) is 0 Å². The fraction of sp³-hybridized carbons (Fsp3) is 0. The molecule has 0 aliphatic heterocycles. The first-order valence-corrected chi connectivity index (χ1v) is 2.10. The summed E-state index contributed by atoms with van der Waals surface area (Å²) in [5, 5.41) is 0. The Morgan fingerprint density at radius 3 is 1.14 bits per heavy atom. The summed E-state index contributed by atoms with van der Waals surface area (Å²) in [6.45, 7) is 0. The zero-order chi connectivity index (χ0) is 4.50. The Bertz CT molecular complexity index is 99.7. The van der Waals surface area contributed by atoms with E-state index < -0.39 is 10.4 Å². The van der Waals surface area contributed by atoms with Gasteiger partial charge in [0.05, 0.1) is 0 Å². The molecule has 0 amide bonds. The van der Waals surface area contributed by atoms with Crippen molar-refractivity contribution in [2.45, 2.75) is 0 Å². The standard InChI is InChI=1S/2Na.H2O4S.2H/c;;1-5(2,3)4;;/h;;(H2,1,2,3,4);;/q2*+1;;2*-1. The van der Waals surface area contributed by atoms with Crippen molar-refractivity contribution in [3.8, 4) is 0 Å². The Balaban J connectivity index is -0.0000000133. The van der Waals surface area contributed by atoms with Gasteiger partial charge in [0, 0.05) is 0 Å². The molecule has 0 bridgehead atoms. The van der Waals surface area contributed by atoms with E-state index in [9.17, 15) is 0 Å². The van der Waals surface area contributed by atoms with Crippen molar-refractivity contribution in [1.82, 2.24) is 0 Å². The Labute approximate surface area is 88.8 Å². The fourth-order valence-electron chi connectivity index (χ4n) is 0. The first kappa shape index (κ1) is 15.9. The molecule has 7 heavy (non-hydrogen) atoms. The SMILES string of the molecule is O=S(=O)(O)O.[H-].[H-].[Na+].[Na+]. The predicted octanol–water partition coefficient (Wildman–Crippen LogP) is -6.42. The quantitative estimate of drug-likeness (QED) is 0.263. The maximum absolute atomic E-state index is 8.74. The smallest absolute Gasteiger partial charge is 1.00 e. The molecule has 0 rings (SSSR count). The number of hydrogen-bond acceptors (Lipinski definition) is 2. The van der Waals surface area contributed by atoms with Gasteiger partial charge >= 0.3 is 69.5 Å². The minimum absolute atomic E-state index is 0. The number of rotatable bonds is 0. The van der Waals surface area contributed by atoms with Crippen LogP contribution in [0.25, 0.3) is 0 Å². The van der Waals surface area contributed by atoms with E-state index in [4.69, 9.17) is 17.5 Å². The van der Waals surface area contributed by atoms with Crippen molar-refractivity contribution in [3.05, 3.63) is 0 Å². The maximum atomic E-state index is 8.74. The second-order valence-electron chi connectivity index (χ2n) is 0.448. The van der Waals surface area contributed by atoms with Gasteiger partial charge in [-0.2, -0.15) is 8.42 Å². The van der Waals surface area contributed by atoms with Crippen LogP contribution in [-0.4, -0.2) is 17.5 Å². The fourth-order valence-corrected chi connectivity index (χ4v) is 0. The molecule has 0 aromatic heterocycles. The first-order valence-electron chi connectivity index (χ1n) is 0.698. The van der Waals surface area contributed by atoms with E-state index in [0.717, 1.165) is 0 Å². The van der Waals surface area contributed by atoms with E-state index in [1.165, 1.54) is 0 Å². The molecular weight excluding hydrogens is 142 g/mol. The summed E-state index contributed by atoms with van der Waals surface area (Å²) in [6, 6.07) is 0. The van der Waals surface area contributed by atoms with Crippen LogP contribution in [0.3, 0.4) is 0 Å². The van der Waals surface area contributed by atoms with E-state index in [2.05, 4.69) is 0 Å². The van der Waals surface area contributed by atoms with Crippen molar-refractivity contribution in [2.24, 2.45) is 0 Å². The summed E-state index contributed by atoms with van der Waals surface area (Å²) in [5.41, 5.74) is 0. The Kier molecular flexibility index (Phi) is 13.7. The zero-order valence-electron chi connectivity index (χ0n) is 6.12. The van der Waals surface area contributed by atoms with Gasteiger partial charge in [-0.3, -0.25) is 9.11 Å². The van der Waals surface area contributed by atoms with Gasteiger partial charge in [0.25, 0.3) is 0 Å². The summed E-state index contributed by atoms with van der Waals surface area (Å²) >= 11 is 0. The van der Waals surface area contributed by atoms with Crippen LogP contribution in [0.15, 0.2) is 0 Å². The molecule has 0 saturated heterocycles. The molecule has 0 radical (unpaired) electrons. The predicted molar refractivity (Wildman–Crippen MR) is 16.4 cm³/mol. The van der Waals surface area contributed by atoms with Crippen molar-refractivity contribution in [2.75, 3.05) is 0 Å². The largest absolute Gasteiger partial charge is 1.00 e. The molecule has 0 spiro atoms. The van der Waals surface area contributed by atoms with E-state index >= 15 is 0 Å². The van der Waals surface area contributed by atoms with Gasteiger partial charge in [0.1, 0.15) is 0 Å². The van der Waals surface area contributed by atoms with Crippen LogP contribution in [0.4, 0.5) is 0 Å². The Hall–Kier alpha value is 1.87. The summed E-state index contributed by atoms with van der Waals surface area (Å²) in [5.74, 6) is 0. The summed E-state index contributed by atoms with van der Waals surface area (Å²) in [6.07, 6.45) is 0. The minimum atomic E-state index is -4.67. The molecular formula is H4Na2O4S. The first-order chi connectivity index (χ1) is 2.00. The van der Waals surface area contributed by atoms with Gasteiger partial charge in [-0.1, -0.05) is 0 Å². The minimum Gasteiger partial charge on any atom is -1.00 e. The second-order valence-corrected chi connectivity index (χ2v) is 1.34. The molecule has 0 aliphatic carbocycles. The molecule has 0 saturated carbocycles. The summed E-state index contributed by atoms with van der Waals surface area (Å²) in [7, 11) is -4.67. The molecule has 0 atom stereocenters. The molecule has 36 valence electrons. The van der Waals surface area contributed by atoms with Crippen LogP contribution in [-0.2, 0) is 10.4 Å². The van der Waals surface area contributed by atoms with E-state index in [1.807, 2.05) is 0 Å². The van der Waals surface area contributed by atoms with Crippen LogP contribution >= 0.6 is 0 Å². The van der Waals surface area contributed by atoms with Crippen LogP contribution in [0, 0.1) is 0 Å². The van der Waals surface area contributed by atoms with Crippen LogP contribution in [0.2, 0.25) is 0 Å². The summed E-state index contributed by atoms with van der Waals surface area (Å²) < 4.78 is 31.6. The van der Waals surface area contributed by atoms with Crippen molar-refractivity contribution in [3.63, 3.8) is 0 Å². The van der Waals surface area contributed by atoms with E-state index in [-0.39, 0.29) is 62.0 Å². The van der Waals surface area contributed by atoms with Crippen molar-refractivity contribution < 1.29 is 79.5 Å². The number of hydrogen-bond donors (Lipinski definition) is 2. The molecule has 4 nitrogen and oxygen atoms in total. The van der Waals surface area contributed by atoms with Gasteiger partial charge in [-0.05, 0) is 0 Å². The second kappa shape index (κ2) is 6.00. The molecule has 0 unspecified atom stereocenters. The average Bonchev–Trinajstić information content (AvgIpc) is 0.722. The summed E-state index contributed by atoms with van der Waals surface area (Å²) in [4.78, 5) is 0. The van der Waals surface area contributed by atoms with E-state index in [0.29, 0.717) is 0 Å². The monoisotopic (exact) mass is 146 g/mol. The topological polar surface area (TPSA) is 74.6 Å². The molecule has 0 aromatic carbocycles. The third kappa shape index (κ3) is 77.5. The molecule has 7 heteroatoms. The van der Waals surface area contributed by atoms with Gasteiger partial charge in [-0.25, -0.2) is 0 Å². The third-order valence-electron chi connectivity index (χ3n) is 0. The van der Waals surface area contributed by atoms with Gasteiger partial charge in [-0.15, -0.1) is 0 Å². The molecule has 0 aliphatic rings. The van der Waals surface area contributed by atoms with Crippen LogP contribution in [0.1, 0.15) is 2.85 Å². The zero-order valence-corrected chi connectivity index (χ0v) is 8.94. The van der Waals surface area contributed by atoms with E-state index in [1.54, 1.807) is 0 Å². The molecule has 2 N–H and O–H groups in total.